The van der Waals surface area contributed by atoms with Crippen molar-refractivity contribution >= 4 is 21.9 Å². The smallest absolute Gasteiger partial charge is 0.233 e. The quantitative estimate of drug-likeness (QED) is 0.665. The first-order valence-corrected chi connectivity index (χ1v) is 9.08. The predicted octanol–water partition coefficient (Wildman–Crippen LogP) is 3.69. The first-order chi connectivity index (χ1) is 12.8. The van der Waals surface area contributed by atoms with E-state index in [2.05, 4.69) is 60.5 Å². The minimum atomic E-state index is 0.0631. The van der Waals surface area contributed by atoms with E-state index in [-0.39, 0.29) is 6.10 Å². The van der Waals surface area contributed by atoms with Gasteiger partial charge in [-0.25, -0.2) is 4.98 Å². The number of pyridine rings is 1. The molecule has 3 heterocycles. The number of hydrogen-bond acceptors (Lipinski definition) is 6. The van der Waals surface area contributed by atoms with Crippen LogP contribution in [0.3, 0.4) is 0 Å². The number of halogens is 1. The Morgan fingerprint density at radius 2 is 1.96 bits per heavy atom. The molecule has 0 bridgehead atoms. The summed E-state index contributed by atoms with van der Waals surface area (Å²) in [6, 6.07) is 14.2. The maximum absolute atomic E-state index is 5.77. The number of rotatable bonds is 6. The Hall–Kier alpha value is -2.51. The monoisotopic (exact) mass is 412 g/mol. The molecular weight excluding hydrogens is 396 g/mol. The number of hydrogen-bond donors (Lipinski definition) is 1. The molecule has 4 rings (SSSR count). The van der Waals surface area contributed by atoms with Crippen LogP contribution < -0.4 is 10.1 Å². The van der Waals surface area contributed by atoms with Crippen LogP contribution in [-0.4, -0.2) is 34.3 Å². The Morgan fingerprint density at radius 1 is 1.12 bits per heavy atom. The lowest BCUT2D eigenvalue weighted by Gasteiger charge is -2.26. The summed E-state index contributed by atoms with van der Waals surface area (Å²) < 4.78 is 11.6. The van der Waals surface area contributed by atoms with Crippen molar-refractivity contribution in [3.63, 3.8) is 0 Å². The summed E-state index contributed by atoms with van der Waals surface area (Å²) in [7, 11) is 0. The van der Waals surface area contributed by atoms with Crippen LogP contribution in [0.1, 0.15) is 5.56 Å². The molecule has 6 nitrogen and oxygen atoms in total. The summed E-state index contributed by atoms with van der Waals surface area (Å²) >= 11 is 3.41. The third kappa shape index (κ3) is 4.00. The molecule has 1 N–H and O–H groups in total. The van der Waals surface area contributed by atoms with Crippen LogP contribution >= 0.6 is 15.9 Å². The molecule has 26 heavy (non-hydrogen) atoms. The van der Waals surface area contributed by atoms with E-state index in [4.69, 9.17) is 9.47 Å². The van der Waals surface area contributed by atoms with Gasteiger partial charge in [0.05, 0.1) is 29.6 Å². The zero-order valence-corrected chi connectivity index (χ0v) is 15.5. The Kier molecular flexibility index (Phi) is 5.08. The molecule has 1 fully saturated rings. The molecule has 0 unspecified atom stereocenters. The summed E-state index contributed by atoms with van der Waals surface area (Å²) in [5, 5.41) is 3.23. The van der Waals surface area contributed by atoms with Crippen molar-refractivity contribution < 1.29 is 9.47 Å². The first-order valence-electron chi connectivity index (χ1n) is 8.29. The van der Waals surface area contributed by atoms with Gasteiger partial charge in [0.15, 0.2) is 0 Å². The average Bonchev–Trinajstić information content (AvgIpc) is 2.66. The van der Waals surface area contributed by atoms with Crippen LogP contribution in [0.4, 0.5) is 5.95 Å². The van der Waals surface area contributed by atoms with Crippen molar-refractivity contribution in [2.45, 2.75) is 12.6 Å². The topological polar surface area (TPSA) is 69.2 Å². The number of aromatic nitrogens is 3. The van der Waals surface area contributed by atoms with Gasteiger partial charge in [0.1, 0.15) is 6.10 Å². The summed E-state index contributed by atoms with van der Waals surface area (Å²) in [5.41, 5.74) is 3.18. The van der Waals surface area contributed by atoms with E-state index >= 15 is 0 Å². The highest BCUT2D eigenvalue weighted by molar-refractivity contribution is 9.10. The van der Waals surface area contributed by atoms with E-state index in [9.17, 15) is 0 Å². The van der Waals surface area contributed by atoms with Crippen LogP contribution in [0.25, 0.3) is 11.3 Å². The lowest BCUT2D eigenvalue weighted by atomic mass is 10.1. The largest absolute Gasteiger partial charge is 0.468 e. The summed E-state index contributed by atoms with van der Waals surface area (Å²) in [6.07, 6.45) is 3.55. The first kappa shape index (κ1) is 16.9. The van der Waals surface area contributed by atoms with E-state index in [1.165, 1.54) is 0 Å². The minimum Gasteiger partial charge on any atom is -0.468 e. The second-order valence-corrected chi connectivity index (χ2v) is 6.74. The third-order valence-electron chi connectivity index (χ3n) is 3.96. The molecule has 0 amide bonds. The van der Waals surface area contributed by atoms with Gasteiger partial charge >= 0.3 is 0 Å². The standard InChI is InChI=1S/C19H17BrN4O2/c20-16-10-23-19(24-18(16)26-15-11-25-12-15)22-9-13-4-6-14(7-5-13)17-3-1-2-8-21-17/h1-8,10,15H,9,11-12H2,(H,22,23,24). The normalized spacial score (nSPS) is 13.9. The van der Waals surface area contributed by atoms with Gasteiger partial charge in [-0.1, -0.05) is 30.3 Å². The van der Waals surface area contributed by atoms with Crippen molar-refractivity contribution in [1.82, 2.24) is 15.0 Å². The van der Waals surface area contributed by atoms with Crippen molar-refractivity contribution in [1.29, 1.82) is 0 Å². The van der Waals surface area contributed by atoms with Crippen LogP contribution in [0, 0.1) is 0 Å². The number of nitrogens with zero attached hydrogens (tertiary/aromatic N) is 3. The highest BCUT2D eigenvalue weighted by Crippen LogP contribution is 2.25. The molecular formula is C19H17BrN4O2. The molecule has 1 aromatic carbocycles. The maximum Gasteiger partial charge on any atom is 0.233 e. The summed E-state index contributed by atoms with van der Waals surface area (Å²) in [5.74, 6) is 1.05. The number of benzene rings is 1. The summed E-state index contributed by atoms with van der Waals surface area (Å²) in [6.45, 7) is 1.82. The number of nitrogens with one attached hydrogen (secondary N) is 1. The third-order valence-corrected chi connectivity index (χ3v) is 4.51. The Morgan fingerprint density at radius 3 is 2.65 bits per heavy atom. The van der Waals surface area contributed by atoms with Gasteiger partial charge in [-0.2, -0.15) is 4.98 Å². The zero-order chi connectivity index (χ0) is 17.8. The molecule has 0 radical (unpaired) electrons. The Labute approximate surface area is 159 Å². The maximum atomic E-state index is 5.77. The SMILES string of the molecule is Brc1cnc(NCc2ccc(-c3ccccn3)cc2)nc1OC1COC1. The van der Waals surface area contributed by atoms with Gasteiger partial charge in [0, 0.05) is 18.3 Å². The van der Waals surface area contributed by atoms with Gasteiger partial charge in [0.2, 0.25) is 11.8 Å². The second kappa shape index (κ2) is 7.80. The van der Waals surface area contributed by atoms with E-state index in [1.54, 1.807) is 12.4 Å². The molecule has 0 spiro atoms. The lowest BCUT2D eigenvalue weighted by Crippen LogP contribution is -2.38. The van der Waals surface area contributed by atoms with E-state index < -0.39 is 0 Å². The van der Waals surface area contributed by atoms with Crippen molar-refractivity contribution in [3.05, 3.63) is 64.9 Å². The number of ether oxygens (including phenoxy) is 2. The van der Waals surface area contributed by atoms with Crippen LogP contribution in [-0.2, 0) is 11.3 Å². The summed E-state index contributed by atoms with van der Waals surface area (Å²) in [4.78, 5) is 13.1. The molecule has 1 aliphatic rings. The zero-order valence-electron chi connectivity index (χ0n) is 13.9. The molecule has 3 aromatic rings. The second-order valence-electron chi connectivity index (χ2n) is 5.89. The minimum absolute atomic E-state index is 0.0631. The van der Waals surface area contributed by atoms with Crippen LogP contribution in [0.15, 0.2) is 59.3 Å². The fourth-order valence-corrected chi connectivity index (χ4v) is 2.75. The molecule has 0 aliphatic carbocycles. The van der Waals surface area contributed by atoms with Crippen molar-refractivity contribution in [2.75, 3.05) is 18.5 Å². The van der Waals surface area contributed by atoms with Crippen LogP contribution in [0.2, 0.25) is 0 Å². The predicted molar refractivity (Wildman–Crippen MR) is 102 cm³/mol. The molecule has 0 atom stereocenters. The highest BCUT2D eigenvalue weighted by Gasteiger charge is 2.22. The van der Waals surface area contributed by atoms with Crippen molar-refractivity contribution in [2.24, 2.45) is 0 Å². The molecule has 2 aromatic heterocycles. The van der Waals surface area contributed by atoms with Gasteiger partial charge in [-0.3, -0.25) is 4.98 Å². The van der Waals surface area contributed by atoms with Gasteiger partial charge in [0.25, 0.3) is 0 Å². The van der Waals surface area contributed by atoms with E-state index in [0.717, 1.165) is 21.3 Å². The Bertz CT molecular complexity index is 870. The fraction of sp³-hybridized carbons (Fsp3) is 0.211. The fourth-order valence-electron chi connectivity index (χ4n) is 2.47. The Balaban J connectivity index is 1.40. The van der Waals surface area contributed by atoms with E-state index in [0.29, 0.717) is 31.6 Å². The van der Waals surface area contributed by atoms with Gasteiger partial charge < -0.3 is 14.8 Å². The van der Waals surface area contributed by atoms with Gasteiger partial charge in [-0.05, 0) is 33.6 Å². The molecule has 132 valence electrons. The van der Waals surface area contributed by atoms with E-state index in [1.807, 2.05) is 18.2 Å². The molecule has 1 saturated heterocycles. The van der Waals surface area contributed by atoms with Crippen molar-refractivity contribution in [3.8, 4) is 17.1 Å². The average molecular weight is 413 g/mol. The highest BCUT2D eigenvalue weighted by atomic mass is 79.9. The van der Waals surface area contributed by atoms with Gasteiger partial charge in [-0.15, -0.1) is 0 Å². The molecule has 1 aliphatic heterocycles. The number of anilines is 1. The molecule has 7 heteroatoms. The van der Waals surface area contributed by atoms with Crippen LogP contribution in [0.5, 0.6) is 5.88 Å². The lowest BCUT2D eigenvalue weighted by molar-refractivity contribution is -0.0816. The molecule has 0 saturated carbocycles.